The molecule has 1 amide bonds. The van der Waals surface area contributed by atoms with Gasteiger partial charge in [-0.1, -0.05) is 64.7 Å². The summed E-state index contributed by atoms with van der Waals surface area (Å²) in [5, 5.41) is 2.66. The molecule has 0 aliphatic rings. The summed E-state index contributed by atoms with van der Waals surface area (Å²) in [6, 6.07) is 0. The van der Waals surface area contributed by atoms with Crippen molar-refractivity contribution in [2.75, 3.05) is 19.8 Å². The van der Waals surface area contributed by atoms with Gasteiger partial charge in [-0.25, -0.2) is 0 Å². The van der Waals surface area contributed by atoms with Crippen LogP contribution >= 0.6 is 0 Å². The zero-order valence-corrected chi connectivity index (χ0v) is 13.5. The number of nitrogens with one attached hydrogen (secondary N) is 1. The van der Waals surface area contributed by atoms with Crippen molar-refractivity contribution in [2.24, 2.45) is 0 Å². The molecule has 0 radical (unpaired) electrons. The molecule has 0 saturated carbocycles. The van der Waals surface area contributed by atoms with Crippen LogP contribution in [0, 0.1) is 0 Å². The van der Waals surface area contributed by atoms with Gasteiger partial charge in [-0.05, 0) is 19.3 Å². The summed E-state index contributed by atoms with van der Waals surface area (Å²) < 4.78 is 5.57. The van der Waals surface area contributed by atoms with E-state index < -0.39 is 0 Å². The predicted octanol–water partition coefficient (Wildman–Crippen LogP) is 4.45. The van der Waals surface area contributed by atoms with Gasteiger partial charge in [-0.15, -0.1) is 0 Å². The Morgan fingerprint density at radius 2 is 1.25 bits per heavy atom. The van der Waals surface area contributed by atoms with Gasteiger partial charge in [0.25, 0.3) is 0 Å². The van der Waals surface area contributed by atoms with Crippen LogP contribution in [0.1, 0.15) is 84.0 Å². The number of rotatable bonds is 17. The fraction of sp³-hybridized carbons (Fsp3) is 0.941. The Morgan fingerprint density at radius 1 is 0.750 bits per heavy atom. The predicted molar refractivity (Wildman–Crippen MR) is 86.0 cm³/mol. The summed E-state index contributed by atoms with van der Waals surface area (Å²) >= 11 is 0. The van der Waals surface area contributed by atoms with E-state index in [0.717, 1.165) is 39.0 Å². The molecular formula is C17H35NO2. The third kappa shape index (κ3) is 17.4. The maximum Gasteiger partial charge on any atom is 0.207 e. The van der Waals surface area contributed by atoms with Gasteiger partial charge < -0.3 is 10.1 Å². The van der Waals surface area contributed by atoms with Crippen molar-refractivity contribution in [3.8, 4) is 0 Å². The van der Waals surface area contributed by atoms with Crippen molar-refractivity contribution in [1.82, 2.24) is 5.32 Å². The van der Waals surface area contributed by atoms with E-state index in [1.165, 1.54) is 64.2 Å². The highest BCUT2D eigenvalue weighted by Gasteiger charge is 1.93. The molecule has 0 aromatic carbocycles. The number of hydrogen-bond donors (Lipinski definition) is 1. The monoisotopic (exact) mass is 285 g/mol. The average molecular weight is 285 g/mol. The highest BCUT2D eigenvalue weighted by Crippen LogP contribution is 2.10. The topological polar surface area (TPSA) is 38.3 Å². The molecule has 0 unspecified atom stereocenters. The van der Waals surface area contributed by atoms with E-state index in [0.29, 0.717) is 0 Å². The Kier molecular flexibility index (Phi) is 17.9. The second-order valence-corrected chi connectivity index (χ2v) is 5.57. The summed E-state index contributed by atoms with van der Waals surface area (Å²) in [5.74, 6) is 0. The summed E-state index contributed by atoms with van der Waals surface area (Å²) in [5.41, 5.74) is 0. The van der Waals surface area contributed by atoms with Crippen molar-refractivity contribution in [3.63, 3.8) is 0 Å². The largest absolute Gasteiger partial charge is 0.381 e. The number of carbonyl (C=O) groups is 1. The Bertz CT molecular complexity index is 186. The molecule has 0 bridgehead atoms. The maximum absolute atomic E-state index is 10.0. The lowest BCUT2D eigenvalue weighted by Crippen LogP contribution is -2.12. The van der Waals surface area contributed by atoms with Crippen LogP contribution in [0.25, 0.3) is 0 Å². The number of carbonyl (C=O) groups excluding carboxylic acids is 1. The molecule has 20 heavy (non-hydrogen) atoms. The molecule has 3 heteroatoms. The van der Waals surface area contributed by atoms with Crippen LogP contribution in [0.5, 0.6) is 0 Å². The van der Waals surface area contributed by atoms with Gasteiger partial charge in [0.15, 0.2) is 0 Å². The number of ether oxygens (including phenoxy) is 1. The first-order valence-electron chi connectivity index (χ1n) is 8.66. The fourth-order valence-corrected chi connectivity index (χ4v) is 2.28. The molecule has 3 nitrogen and oxygen atoms in total. The Morgan fingerprint density at radius 3 is 1.80 bits per heavy atom. The van der Waals surface area contributed by atoms with Crippen LogP contribution < -0.4 is 5.32 Å². The second-order valence-electron chi connectivity index (χ2n) is 5.57. The van der Waals surface area contributed by atoms with E-state index >= 15 is 0 Å². The van der Waals surface area contributed by atoms with Gasteiger partial charge in [-0.2, -0.15) is 0 Å². The molecule has 0 aliphatic carbocycles. The van der Waals surface area contributed by atoms with Crippen molar-refractivity contribution < 1.29 is 9.53 Å². The fourth-order valence-electron chi connectivity index (χ4n) is 2.28. The lowest BCUT2D eigenvalue weighted by molar-refractivity contribution is -0.109. The number of hydrogen-bond acceptors (Lipinski definition) is 2. The lowest BCUT2D eigenvalue weighted by atomic mass is 10.1. The van der Waals surface area contributed by atoms with E-state index in [1.807, 2.05) is 0 Å². The first-order chi connectivity index (χ1) is 9.91. The highest BCUT2D eigenvalue weighted by atomic mass is 16.5. The quantitative estimate of drug-likeness (QED) is 0.317. The molecule has 0 spiro atoms. The average Bonchev–Trinajstić information content (AvgIpc) is 2.47. The van der Waals surface area contributed by atoms with E-state index in [4.69, 9.17) is 4.74 Å². The lowest BCUT2D eigenvalue weighted by Gasteiger charge is -2.04. The Labute approximate surface area is 125 Å². The maximum atomic E-state index is 10.0. The molecule has 0 atom stereocenters. The molecule has 0 rings (SSSR count). The summed E-state index contributed by atoms with van der Waals surface area (Å²) in [6.45, 7) is 4.77. The Hall–Kier alpha value is -0.570. The van der Waals surface area contributed by atoms with Crippen molar-refractivity contribution in [1.29, 1.82) is 0 Å². The first-order valence-corrected chi connectivity index (χ1v) is 8.66. The van der Waals surface area contributed by atoms with Crippen LogP contribution in [-0.4, -0.2) is 26.2 Å². The molecular weight excluding hydrogens is 250 g/mol. The van der Waals surface area contributed by atoms with Gasteiger partial charge >= 0.3 is 0 Å². The molecule has 0 fully saturated rings. The molecule has 0 aromatic rings. The zero-order chi connectivity index (χ0) is 14.7. The van der Waals surface area contributed by atoms with Crippen molar-refractivity contribution in [2.45, 2.75) is 84.0 Å². The van der Waals surface area contributed by atoms with Crippen LogP contribution in [0.4, 0.5) is 0 Å². The van der Waals surface area contributed by atoms with Gasteiger partial charge in [0, 0.05) is 19.8 Å². The van der Waals surface area contributed by atoms with Crippen LogP contribution in [-0.2, 0) is 9.53 Å². The molecule has 120 valence electrons. The minimum Gasteiger partial charge on any atom is -0.381 e. The zero-order valence-electron chi connectivity index (χ0n) is 13.5. The standard InChI is InChI=1S/C17H35NO2/c1-2-3-4-5-6-7-8-9-10-12-15-20-16-13-11-14-18-17-19/h17H,2-16H2,1H3,(H,18,19). The normalized spacial score (nSPS) is 10.7. The second kappa shape index (κ2) is 18.4. The minimum atomic E-state index is 0.755. The van der Waals surface area contributed by atoms with Gasteiger partial charge in [0.05, 0.1) is 0 Å². The van der Waals surface area contributed by atoms with Crippen molar-refractivity contribution in [3.05, 3.63) is 0 Å². The highest BCUT2D eigenvalue weighted by molar-refractivity contribution is 5.45. The third-order valence-corrected chi connectivity index (χ3v) is 3.59. The van der Waals surface area contributed by atoms with Crippen LogP contribution in [0.15, 0.2) is 0 Å². The summed E-state index contributed by atoms with van der Waals surface area (Å²) in [6.07, 6.45) is 16.5. The third-order valence-electron chi connectivity index (χ3n) is 3.59. The smallest absolute Gasteiger partial charge is 0.207 e. The van der Waals surface area contributed by atoms with Crippen LogP contribution in [0.2, 0.25) is 0 Å². The first kappa shape index (κ1) is 19.4. The SMILES string of the molecule is CCCCCCCCCCCCOCCCCNC=O. The Balaban J connectivity index is 2.90. The summed E-state index contributed by atoms with van der Waals surface area (Å²) in [7, 11) is 0. The van der Waals surface area contributed by atoms with Crippen molar-refractivity contribution >= 4 is 6.41 Å². The number of unbranched alkanes of at least 4 members (excludes halogenated alkanes) is 10. The van der Waals surface area contributed by atoms with E-state index in [1.54, 1.807) is 0 Å². The number of amides is 1. The molecule has 0 aliphatic heterocycles. The van der Waals surface area contributed by atoms with Crippen LogP contribution in [0.3, 0.4) is 0 Å². The molecule has 0 saturated heterocycles. The van der Waals surface area contributed by atoms with E-state index in [9.17, 15) is 4.79 Å². The summed E-state index contributed by atoms with van der Waals surface area (Å²) in [4.78, 5) is 10.0. The van der Waals surface area contributed by atoms with E-state index in [2.05, 4.69) is 12.2 Å². The molecule has 0 heterocycles. The minimum absolute atomic E-state index is 0.755. The molecule has 1 N–H and O–H groups in total. The molecule has 0 aromatic heterocycles. The van der Waals surface area contributed by atoms with Gasteiger partial charge in [-0.3, -0.25) is 4.79 Å². The van der Waals surface area contributed by atoms with Gasteiger partial charge in [0.1, 0.15) is 0 Å². The van der Waals surface area contributed by atoms with E-state index in [-0.39, 0.29) is 0 Å². The van der Waals surface area contributed by atoms with Gasteiger partial charge in [0.2, 0.25) is 6.41 Å².